The second-order valence-electron chi connectivity index (χ2n) is 3.50. The van der Waals surface area contributed by atoms with Gasteiger partial charge in [-0.3, -0.25) is 0 Å². The van der Waals surface area contributed by atoms with Gasteiger partial charge < -0.3 is 15.9 Å². The number of benzene rings is 1. The highest BCUT2D eigenvalue weighted by atomic mass is 32.2. The predicted octanol–water partition coefficient (Wildman–Crippen LogP) is 1.83. The lowest BCUT2D eigenvalue weighted by Gasteiger charge is -2.11. The first kappa shape index (κ1) is 12.9. The Bertz CT molecular complexity index is 381. The molecular formula is C11H15NO3S. The number of carboxylic acid groups (broad SMARTS) is 1. The Hall–Kier alpha value is -1.20. The number of carboxylic acids is 1. The van der Waals surface area contributed by atoms with Gasteiger partial charge in [-0.05, 0) is 24.6 Å². The van der Waals surface area contributed by atoms with Gasteiger partial charge in [0.05, 0.1) is 5.56 Å². The summed E-state index contributed by atoms with van der Waals surface area (Å²) in [5.74, 6) is -0.980. The number of nitrogens with two attached hydrogens (primary N) is 1. The molecule has 0 saturated carbocycles. The molecule has 0 aliphatic heterocycles. The lowest BCUT2D eigenvalue weighted by molar-refractivity contribution is 0.0697. The maximum atomic E-state index is 10.7. The molecule has 4 N–H and O–H groups in total. The van der Waals surface area contributed by atoms with E-state index < -0.39 is 5.97 Å². The minimum absolute atomic E-state index is 0.140. The Morgan fingerprint density at radius 2 is 2.25 bits per heavy atom. The second-order valence-corrected chi connectivity index (χ2v) is 4.98. The van der Waals surface area contributed by atoms with Crippen LogP contribution in [0, 0.1) is 0 Å². The maximum absolute atomic E-state index is 10.7. The molecule has 1 aromatic rings. The summed E-state index contributed by atoms with van der Waals surface area (Å²) in [6.45, 7) is 2.13. The highest BCUT2D eigenvalue weighted by Gasteiger charge is 2.09. The number of carbonyl (C=O) groups is 1. The molecule has 1 atom stereocenters. The zero-order chi connectivity index (χ0) is 12.1. The van der Waals surface area contributed by atoms with Crippen molar-refractivity contribution < 1.29 is 15.0 Å². The van der Waals surface area contributed by atoms with E-state index in [2.05, 4.69) is 0 Å². The van der Waals surface area contributed by atoms with E-state index in [9.17, 15) is 4.79 Å². The molecule has 0 aromatic heterocycles. The fraction of sp³-hybridized carbons (Fsp3) is 0.364. The SMILES string of the molecule is CC(CCO)Sc1ccc(C(=O)O)cc1N. The molecule has 5 heteroatoms. The van der Waals surface area contributed by atoms with Gasteiger partial charge in [-0.15, -0.1) is 11.8 Å². The van der Waals surface area contributed by atoms with Crippen LogP contribution >= 0.6 is 11.8 Å². The van der Waals surface area contributed by atoms with E-state index in [1.54, 1.807) is 6.07 Å². The molecule has 1 rings (SSSR count). The summed E-state index contributed by atoms with van der Waals surface area (Å²) in [6, 6.07) is 4.69. The number of aromatic carboxylic acids is 1. The first-order valence-electron chi connectivity index (χ1n) is 4.95. The van der Waals surface area contributed by atoms with Gasteiger partial charge in [0.1, 0.15) is 0 Å². The van der Waals surface area contributed by atoms with Crippen molar-refractivity contribution in [2.24, 2.45) is 0 Å². The summed E-state index contributed by atoms with van der Waals surface area (Å²) in [6.07, 6.45) is 0.685. The van der Waals surface area contributed by atoms with Crippen LogP contribution in [-0.2, 0) is 0 Å². The molecule has 0 spiro atoms. The molecule has 0 amide bonds. The van der Waals surface area contributed by atoms with Crippen molar-refractivity contribution in [2.75, 3.05) is 12.3 Å². The molecule has 0 bridgehead atoms. The molecule has 0 radical (unpaired) electrons. The first-order chi connectivity index (χ1) is 7.54. The molecule has 1 unspecified atom stereocenters. The first-order valence-corrected chi connectivity index (χ1v) is 5.83. The summed E-state index contributed by atoms with van der Waals surface area (Å²) in [5, 5.41) is 17.8. The van der Waals surface area contributed by atoms with Gasteiger partial charge in [0.2, 0.25) is 0 Å². The van der Waals surface area contributed by atoms with Crippen molar-refractivity contribution in [3.63, 3.8) is 0 Å². The van der Waals surface area contributed by atoms with Crippen molar-refractivity contribution in [1.82, 2.24) is 0 Å². The van der Waals surface area contributed by atoms with Gasteiger partial charge in [-0.2, -0.15) is 0 Å². The molecular weight excluding hydrogens is 226 g/mol. The smallest absolute Gasteiger partial charge is 0.335 e. The third-order valence-electron chi connectivity index (χ3n) is 2.12. The lowest BCUT2D eigenvalue weighted by Crippen LogP contribution is -2.02. The minimum atomic E-state index is -0.980. The molecule has 0 fully saturated rings. The molecule has 88 valence electrons. The van der Waals surface area contributed by atoms with Crippen molar-refractivity contribution in [3.8, 4) is 0 Å². The predicted molar refractivity (Wildman–Crippen MR) is 64.8 cm³/mol. The Balaban J connectivity index is 2.79. The van der Waals surface area contributed by atoms with Gasteiger partial charge >= 0.3 is 5.97 Å². The summed E-state index contributed by atoms with van der Waals surface area (Å²) in [4.78, 5) is 11.5. The standard InChI is InChI=1S/C11H15NO3S/c1-7(4-5-13)16-10-3-2-8(11(14)15)6-9(10)12/h2-3,6-7,13H,4-5,12H2,1H3,(H,14,15). The van der Waals surface area contributed by atoms with E-state index >= 15 is 0 Å². The third-order valence-corrected chi connectivity index (χ3v) is 3.38. The minimum Gasteiger partial charge on any atom is -0.478 e. The Labute approximate surface area is 98.5 Å². The summed E-state index contributed by atoms with van der Waals surface area (Å²) in [5.41, 5.74) is 6.42. The molecule has 0 aliphatic carbocycles. The van der Waals surface area contributed by atoms with Crippen molar-refractivity contribution in [1.29, 1.82) is 0 Å². The van der Waals surface area contributed by atoms with Crippen LogP contribution in [0.15, 0.2) is 23.1 Å². The van der Waals surface area contributed by atoms with E-state index in [-0.39, 0.29) is 17.4 Å². The number of rotatable bonds is 5. The fourth-order valence-electron chi connectivity index (χ4n) is 1.25. The number of aliphatic hydroxyl groups excluding tert-OH is 1. The largest absolute Gasteiger partial charge is 0.478 e. The normalized spacial score (nSPS) is 12.4. The van der Waals surface area contributed by atoms with E-state index in [1.807, 2.05) is 6.92 Å². The highest BCUT2D eigenvalue weighted by Crippen LogP contribution is 2.30. The summed E-state index contributed by atoms with van der Waals surface area (Å²) < 4.78 is 0. The van der Waals surface area contributed by atoms with Crippen LogP contribution in [0.25, 0.3) is 0 Å². The van der Waals surface area contributed by atoms with Crippen LogP contribution in [0.3, 0.4) is 0 Å². The average Bonchev–Trinajstić information content (AvgIpc) is 2.21. The van der Waals surface area contributed by atoms with Crippen molar-refractivity contribution in [2.45, 2.75) is 23.5 Å². The maximum Gasteiger partial charge on any atom is 0.335 e. The Morgan fingerprint density at radius 1 is 1.56 bits per heavy atom. The van der Waals surface area contributed by atoms with E-state index in [1.165, 1.54) is 23.9 Å². The molecule has 0 saturated heterocycles. The zero-order valence-corrected chi connectivity index (χ0v) is 9.83. The Kier molecular flexibility index (Phi) is 4.64. The van der Waals surface area contributed by atoms with Gasteiger partial charge in [0, 0.05) is 22.4 Å². The number of anilines is 1. The topological polar surface area (TPSA) is 83.5 Å². The number of hydrogen-bond acceptors (Lipinski definition) is 4. The van der Waals surface area contributed by atoms with Crippen LogP contribution in [0.4, 0.5) is 5.69 Å². The van der Waals surface area contributed by atoms with Crippen LogP contribution in [0.5, 0.6) is 0 Å². The second kappa shape index (κ2) is 5.77. The zero-order valence-electron chi connectivity index (χ0n) is 9.01. The van der Waals surface area contributed by atoms with Crippen LogP contribution < -0.4 is 5.73 Å². The van der Waals surface area contributed by atoms with E-state index in [0.717, 1.165) is 4.90 Å². The number of thioether (sulfide) groups is 1. The molecule has 0 aliphatic rings. The molecule has 16 heavy (non-hydrogen) atoms. The van der Waals surface area contributed by atoms with E-state index in [0.29, 0.717) is 12.1 Å². The van der Waals surface area contributed by atoms with Gasteiger partial charge in [-0.1, -0.05) is 6.92 Å². The Morgan fingerprint density at radius 3 is 2.75 bits per heavy atom. The van der Waals surface area contributed by atoms with E-state index in [4.69, 9.17) is 15.9 Å². The fourth-order valence-corrected chi connectivity index (χ4v) is 2.24. The number of nitrogen functional groups attached to an aromatic ring is 1. The van der Waals surface area contributed by atoms with Gasteiger partial charge in [-0.25, -0.2) is 4.79 Å². The van der Waals surface area contributed by atoms with Crippen LogP contribution in [0.1, 0.15) is 23.7 Å². The van der Waals surface area contributed by atoms with Gasteiger partial charge in [0.25, 0.3) is 0 Å². The van der Waals surface area contributed by atoms with Crippen LogP contribution in [0.2, 0.25) is 0 Å². The molecule has 0 heterocycles. The molecule has 4 nitrogen and oxygen atoms in total. The lowest BCUT2D eigenvalue weighted by atomic mass is 10.2. The third kappa shape index (κ3) is 3.43. The number of aliphatic hydroxyl groups is 1. The quantitative estimate of drug-likeness (QED) is 0.541. The average molecular weight is 241 g/mol. The summed E-state index contributed by atoms with van der Waals surface area (Å²) in [7, 11) is 0. The monoisotopic (exact) mass is 241 g/mol. The highest BCUT2D eigenvalue weighted by molar-refractivity contribution is 8.00. The summed E-state index contributed by atoms with van der Waals surface area (Å²) >= 11 is 1.54. The van der Waals surface area contributed by atoms with Crippen molar-refractivity contribution in [3.05, 3.63) is 23.8 Å². The van der Waals surface area contributed by atoms with Gasteiger partial charge in [0.15, 0.2) is 0 Å². The molecule has 1 aromatic carbocycles. The van der Waals surface area contributed by atoms with Crippen LogP contribution in [-0.4, -0.2) is 28.0 Å². The number of hydrogen-bond donors (Lipinski definition) is 3. The van der Waals surface area contributed by atoms with Crippen molar-refractivity contribution >= 4 is 23.4 Å².